The van der Waals surface area contributed by atoms with Gasteiger partial charge in [-0.25, -0.2) is 13.6 Å². The van der Waals surface area contributed by atoms with Crippen LogP contribution in [-0.2, 0) is 17.9 Å². The number of nitrogens with one attached hydrogen (secondary N) is 1. The number of halogens is 2. The number of hydrogen-bond acceptors (Lipinski definition) is 5. The van der Waals surface area contributed by atoms with Gasteiger partial charge in [-0.1, -0.05) is 12.1 Å². The molecular weight excluding hydrogens is 476 g/mol. The summed E-state index contributed by atoms with van der Waals surface area (Å²) in [6.45, 7) is 0.712. The van der Waals surface area contributed by atoms with Crippen molar-refractivity contribution in [2.75, 3.05) is 18.7 Å². The first-order valence-electron chi connectivity index (χ1n) is 11.2. The Morgan fingerprint density at radius 3 is 2.60 bits per heavy atom. The lowest BCUT2D eigenvalue weighted by atomic mass is 10.2. The third kappa shape index (κ3) is 5.54. The number of hydrogen-bond donors (Lipinski definition) is 1. The first kappa shape index (κ1) is 23.1. The molecule has 7 nitrogen and oxygen atoms in total. The second kappa shape index (κ2) is 9.91. The van der Waals surface area contributed by atoms with E-state index in [4.69, 9.17) is 9.47 Å². The predicted octanol–water partition coefficient (Wildman–Crippen LogP) is 4.98. The van der Waals surface area contributed by atoms with Gasteiger partial charge < -0.3 is 24.6 Å². The quantitative estimate of drug-likeness (QED) is 0.475. The standard InChI is InChI=1S/C25H23F2N3O4S/c26-17-4-7-21(20(27)11-17)28-25(32)30(18-5-6-18)14-24(31)29(13-19-2-1-9-35-19)12-16-3-8-22-23(10-16)34-15-33-22/h1-4,7-11,18H,5-6,12-15H2,(H,28,32). The third-order valence-electron chi connectivity index (χ3n) is 5.82. The molecule has 1 N–H and O–H groups in total. The van der Waals surface area contributed by atoms with Crippen LogP contribution in [0, 0.1) is 11.6 Å². The molecule has 2 aromatic carbocycles. The minimum Gasteiger partial charge on any atom is -0.454 e. The lowest BCUT2D eigenvalue weighted by Crippen LogP contribution is -2.45. The zero-order valence-electron chi connectivity index (χ0n) is 18.7. The minimum absolute atomic E-state index is 0.100. The average Bonchev–Trinajstić information content (AvgIpc) is 3.33. The highest BCUT2D eigenvalue weighted by Gasteiger charge is 2.35. The average molecular weight is 500 g/mol. The summed E-state index contributed by atoms with van der Waals surface area (Å²) in [5, 5.41) is 4.42. The van der Waals surface area contributed by atoms with E-state index in [0.29, 0.717) is 30.7 Å². The number of amides is 3. The number of fused-ring (bicyclic) bond motifs is 1. The van der Waals surface area contributed by atoms with Crippen molar-refractivity contribution in [3.63, 3.8) is 0 Å². The van der Waals surface area contributed by atoms with Gasteiger partial charge in [0.2, 0.25) is 12.7 Å². The van der Waals surface area contributed by atoms with Gasteiger partial charge in [0.1, 0.15) is 18.2 Å². The van der Waals surface area contributed by atoms with Crippen LogP contribution in [-0.4, -0.2) is 41.1 Å². The smallest absolute Gasteiger partial charge is 0.322 e. The Hall–Kier alpha value is -3.66. The second-order valence-electron chi connectivity index (χ2n) is 8.43. The highest BCUT2D eigenvalue weighted by Crippen LogP contribution is 2.33. The number of urea groups is 1. The molecule has 182 valence electrons. The Kier molecular flexibility index (Phi) is 6.54. The summed E-state index contributed by atoms with van der Waals surface area (Å²) in [4.78, 5) is 30.5. The highest BCUT2D eigenvalue weighted by molar-refractivity contribution is 7.09. The lowest BCUT2D eigenvalue weighted by molar-refractivity contribution is -0.133. The number of carbonyl (C=O) groups excluding carboxylic acids is 2. The van der Waals surface area contributed by atoms with Gasteiger partial charge in [-0.3, -0.25) is 4.79 Å². The topological polar surface area (TPSA) is 71.1 Å². The molecule has 1 aliphatic heterocycles. The van der Waals surface area contributed by atoms with Crippen molar-refractivity contribution < 1.29 is 27.8 Å². The van der Waals surface area contributed by atoms with Gasteiger partial charge in [-0.05, 0) is 54.1 Å². The SMILES string of the molecule is O=C(CN(C(=O)Nc1ccc(F)cc1F)C1CC1)N(Cc1ccc2c(c1)OCO2)Cc1cccs1. The summed E-state index contributed by atoms with van der Waals surface area (Å²) in [7, 11) is 0. The van der Waals surface area contributed by atoms with E-state index in [-0.39, 0.29) is 31.0 Å². The van der Waals surface area contributed by atoms with Crippen molar-refractivity contribution in [3.8, 4) is 11.5 Å². The van der Waals surface area contributed by atoms with Gasteiger partial charge >= 0.3 is 6.03 Å². The van der Waals surface area contributed by atoms with Crippen molar-refractivity contribution in [1.29, 1.82) is 0 Å². The number of anilines is 1. The van der Waals surface area contributed by atoms with Crippen molar-refractivity contribution >= 4 is 29.0 Å². The Labute approximate surface area is 204 Å². The molecule has 35 heavy (non-hydrogen) atoms. The van der Waals surface area contributed by atoms with Gasteiger partial charge in [0, 0.05) is 23.5 Å². The molecule has 0 spiro atoms. The molecule has 5 rings (SSSR count). The first-order valence-corrected chi connectivity index (χ1v) is 12.1. The molecule has 1 aromatic heterocycles. The van der Waals surface area contributed by atoms with Crippen molar-refractivity contribution in [3.05, 3.63) is 76.0 Å². The number of nitrogens with zero attached hydrogens (tertiary/aromatic N) is 2. The van der Waals surface area contributed by atoms with Crippen LogP contribution in [0.1, 0.15) is 23.3 Å². The first-order chi connectivity index (χ1) is 17.0. The summed E-state index contributed by atoms with van der Waals surface area (Å²) in [6.07, 6.45) is 1.53. The molecule has 0 bridgehead atoms. The van der Waals surface area contributed by atoms with Gasteiger partial charge in [-0.15, -0.1) is 11.3 Å². The molecule has 0 radical (unpaired) electrons. The fraction of sp³-hybridized carbons (Fsp3) is 0.280. The van der Waals surface area contributed by atoms with Crippen LogP contribution in [0.5, 0.6) is 11.5 Å². The van der Waals surface area contributed by atoms with Crippen molar-refractivity contribution in [2.45, 2.75) is 32.0 Å². The van der Waals surface area contributed by atoms with Crippen LogP contribution < -0.4 is 14.8 Å². The molecule has 3 aromatic rings. The number of carbonyl (C=O) groups is 2. The lowest BCUT2D eigenvalue weighted by Gasteiger charge is -2.28. The maximum atomic E-state index is 14.1. The summed E-state index contributed by atoms with van der Waals surface area (Å²) < 4.78 is 38.1. The van der Waals surface area contributed by atoms with Crippen LogP contribution in [0.2, 0.25) is 0 Å². The molecule has 1 aliphatic carbocycles. The normalized spacial score (nSPS) is 14.0. The van der Waals surface area contributed by atoms with E-state index in [0.717, 1.165) is 35.4 Å². The molecule has 1 saturated carbocycles. The van der Waals surface area contributed by atoms with Crippen LogP contribution in [0.25, 0.3) is 0 Å². The van der Waals surface area contributed by atoms with Gasteiger partial charge in [0.25, 0.3) is 0 Å². The Bertz CT molecular complexity index is 1230. The third-order valence-corrected chi connectivity index (χ3v) is 6.68. The number of benzene rings is 2. The molecule has 2 heterocycles. The molecular formula is C25H23F2N3O4S. The Morgan fingerprint density at radius 1 is 1.03 bits per heavy atom. The maximum absolute atomic E-state index is 14.1. The van der Waals surface area contributed by atoms with Crippen LogP contribution >= 0.6 is 11.3 Å². The molecule has 0 atom stereocenters. The van der Waals surface area contributed by atoms with Gasteiger partial charge in [-0.2, -0.15) is 0 Å². The fourth-order valence-electron chi connectivity index (χ4n) is 3.86. The van der Waals surface area contributed by atoms with Gasteiger partial charge in [0.15, 0.2) is 11.5 Å². The van der Waals surface area contributed by atoms with Crippen LogP contribution in [0.4, 0.5) is 19.3 Å². The van der Waals surface area contributed by atoms with Crippen molar-refractivity contribution in [2.24, 2.45) is 0 Å². The zero-order chi connectivity index (χ0) is 24.4. The van der Waals surface area contributed by atoms with E-state index >= 15 is 0 Å². The maximum Gasteiger partial charge on any atom is 0.322 e. The molecule has 0 unspecified atom stereocenters. The molecule has 2 aliphatic rings. The van der Waals surface area contributed by atoms with E-state index in [1.54, 1.807) is 16.2 Å². The summed E-state index contributed by atoms with van der Waals surface area (Å²) in [5.74, 6) is -0.552. The minimum atomic E-state index is -0.873. The molecule has 3 amide bonds. The number of rotatable bonds is 8. The van der Waals surface area contributed by atoms with E-state index < -0.39 is 17.7 Å². The van der Waals surface area contributed by atoms with E-state index in [2.05, 4.69) is 5.32 Å². The molecule has 1 fully saturated rings. The predicted molar refractivity (Wildman–Crippen MR) is 126 cm³/mol. The van der Waals surface area contributed by atoms with Crippen molar-refractivity contribution in [1.82, 2.24) is 9.80 Å². The second-order valence-corrected chi connectivity index (χ2v) is 9.46. The van der Waals surface area contributed by atoms with Crippen LogP contribution in [0.15, 0.2) is 53.9 Å². The fourth-order valence-corrected chi connectivity index (χ4v) is 4.58. The van der Waals surface area contributed by atoms with Crippen LogP contribution in [0.3, 0.4) is 0 Å². The summed E-state index contributed by atoms with van der Waals surface area (Å²) in [6, 6.07) is 11.7. The Balaban J connectivity index is 1.32. The zero-order valence-corrected chi connectivity index (χ0v) is 19.5. The Morgan fingerprint density at radius 2 is 1.86 bits per heavy atom. The monoisotopic (exact) mass is 499 g/mol. The largest absolute Gasteiger partial charge is 0.454 e. The number of thiophene rings is 1. The summed E-state index contributed by atoms with van der Waals surface area (Å²) in [5.41, 5.74) is 0.736. The van der Waals surface area contributed by atoms with E-state index in [1.807, 2.05) is 35.7 Å². The number of ether oxygens (including phenoxy) is 2. The van der Waals surface area contributed by atoms with Gasteiger partial charge in [0.05, 0.1) is 12.2 Å². The van der Waals surface area contributed by atoms with E-state index in [9.17, 15) is 18.4 Å². The van der Waals surface area contributed by atoms with E-state index in [1.165, 1.54) is 4.90 Å². The summed E-state index contributed by atoms with van der Waals surface area (Å²) >= 11 is 1.54. The molecule has 0 saturated heterocycles. The highest BCUT2D eigenvalue weighted by atomic mass is 32.1. The molecule has 10 heteroatoms.